The van der Waals surface area contributed by atoms with Gasteiger partial charge >= 0.3 is 5.97 Å². The Balaban J connectivity index is 1.87. The first-order valence-corrected chi connectivity index (χ1v) is 9.27. The normalized spacial score (nSPS) is 11.1. The number of esters is 1. The maximum absolute atomic E-state index is 12.9. The van der Waals surface area contributed by atoms with Gasteiger partial charge in [0.1, 0.15) is 0 Å². The van der Waals surface area contributed by atoms with Crippen molar-refractivity contribution in [3.8, 4) is 11.8 Å². The summed E-state index contributed by atoms with van der Waals surface area (Å²) in [5.41, 5.74) is 2.42. The Morgan fingerprint density at radius 2 is 1.28 bits per heavy atom. The van der Waals surface area contributed by atoms with Crippen LogP contribution in [-0.4, -0.2) is 17.9 Å². The molecule has 1 N–H and O–H groups in total. The first-order valence-electron chi connectivity index (χ1n) is 9.27. The topological polar surface area (TPSA) is 55.4 Å². The number of carbonyl (C=O) groups is 2. The van der Waals surface area contributed by atoms with Gasteiger partial charge in [0.25, 0.3) is 0 Å². The molecule has 3 aromatic rings. The van der Waals surface area contributed by atoms with Crippen LogP contribution < -0.4 is 5.32 Å². The van der Waals surface area contributed by atoms with E-state index in [4.69, 9.17) is 4.74 Å². The van der Waals surface area contributed by atoms with Gasteiger partial charge in [-0.15, -0.1) is 0 Å². The van der Waals surface area contributed by atoms with Crippen molar-refractivity contribution >= 4 is 11.9 Å². The third-order valence-corrected chi connectivity index (χ3v) is 4.16. The van der Waals surface area contributed by atoms with Gasteiger partial charge in [-0.05, 0) is 23.3 Å². The number of amides is 1. The summed E-state index contributed by atoms with van der Waals surface area (Å²) < 4.78 is 5.82. The van der Waals surface area contributed by atoms with E-state index in [1.54, 1.807) is 0 Å². The van der Waals surface area contributed by atoms with Crippen molar-refractivity contribution in [1.29, 1.82) is 0 Å². The zero-order valence-electron chi connectivity index (χ0n) is 16.0. The molecule has 0 aliphatic heterocycles. The molecule has 3 aromatic carbocycles. The molecule has 0 saturated heterocycles. The molecule has 0 spiro atoms. The van der Waals surface area contributed by atoms with Gasteiger partial charge < -0.3 is 10.1 Å². The van der Waals surface area contributed by atoms with E-state index in [9.17, 15) is 9.59 Å². The maximum atomic E-state index is 12.9. The van der Waals surface area contributed by atoms with Gasteiger partial charge in [-0.1, -0.05) is 90.7 Å². The van der Waals surface area contributed by atoms with E-state index in [1.165, 1.54) is 6.92 Å². The van der Waals surface area contributed by atoms with Crippen molar-refractivity contribution in [3.05, 3.63) is 108 Å². The van der Waals surface area contributed by atoms with Crippen LogP contribution in [0, 0.1) is 11.8 Å². The van der Waals surface area contributed by atoms with Gasteiger partial charge in [-0.3, -0.25) is 4.79 Å². The predicted octanol–water partition coefficient (Wildman–Crippen LogP) is 3.88. The minimum Gasteiger partial charge on any atom is -0.450 e. The Labute approximate surface area is 170 Å². The minimum atomic E-state index is -1.07. The molecule has 0 fully saturated rings. The molecule has 29 heavy (non-hydrogen) atoms. The molecule has 0 aliphatic carbocycles. The van der Waals surface area contributed by atoms with E-state index in [0.29, 0.717) is 0 Å². The highest BCUT2D eigenvalue weighted by molar-refractivity contribution is 5.86. The number of rotatable bonds is 5. The lowest BCUT2D eigenvalue weighted by Gasteiger charge is -2.21. The molecular weight excluding hydrogens is 362 g/mol. The van der Waals surface area contributed by atoms with E-state index in [-0.39, 0.29) is 5.91 Å². The van der Waals surface area contributed by atoms with Gasteiger partial charge in [0.15, 0.2) is 12.1 Å². The second-order valence-corrected chi connectivity index (χ2v) is 6.41. The van der Waals surface area contributed by atoms with Crippen LogP contribution in [0.25, 0.3) is 0 Å². The summed E-state index contributed by atoms with van der Waals surface area (Å²) in [4.78, 5) is 24.5. The highest BCUT2D eigenvalue weighted by atomic mass is 16.5. The van der Waals surface area contributed by atoms with Crippen LogP contribution in [-0.2, 0) is 14.3 Å². The first kappa shape index (κ1) is 19.9. The molecule has 4 heteroatoms. The van der Waals surface area contributed by atoms with Crippen LogP contribution in [0.15, 0.2) is 91.0 Å². The first-order chi connectivity index (χ1) is 14.1. The standard InChI is InChI=1S/C25H21NO3/c1-19(27)26-23(18-17-20-11-5-2-6-12-20)25(28)29-24(21-13-7-3-8-14-21)22-15-9-4-10-16-22/h2-16,23-24H,1H3,(H,26,27). The Morgan fingerprint density at radius 1 is 0.793 bits per heavy atom. The highest BCUT2D eigenvalue weighted by Crippen LogP contribution is 2.26. The maximum Gasteiger partial charge on any atom is 0.342 e. The molecule has 1 unspecified atom stereocenters. The van der Waals surface area contributed by atoms with E-state index >= 15 is 0 Å². The zero-order chi connectivity index (χ0) is 20.5. The molecule has 0 saturated carbocycles. The molecule has 4 nitrogen and oxygen atoms in total. The number of benzene rings is 3. The largest absolute Gasteiger partial charge is 0.450 e. The van der Waals surface area contributed by atoms with Crippen LogP contribution in [0.4, 0.5) is 0 Å². The Morgan fingerprint density at radius 3 is 1.76 bits per heavy atom. The third kappa shape index (κ3) is 5.82. The van der Waals surface area contributed by atoms with Crippen molar-refractivity contribution in [3.63, 3.8) is 0 Å². The predicted molar refractivity (Wildman–Crippen MR) is 112 cm³/mol. The summed E-state index contributed by atoms with van der Waals surface area (Å²) in [7, 11) is 0. The lowest BCUT2D eigenvalue weighted by molar-refractivity contribution is -0.149. The van der Waals surface area contributed by atoms with Crippen LogP contribution in [0.5, 0.6) is 0 Å². The molecule has 1 atom stereocenters. The van der Waals surface area contributed by atoms with Crippen LogP contribution >= 0.6 is 0 Å². The number of hydrogen-bond acceptors (Lipinski definition) is 3. The second kappa shape index (κ2) is 9.91. The van der Waals surface area contributed by atoms with Gasteiger partial charge in [0.05, 0.1) is 0 Å². The summed E-state index contributed by atoms with van der Waals surface area (Å²) in [6, 6.07) is 27.1. The molecular formula is C25H21NO3. The smallest absolute Gasteiger partial charge is 0.342 e. The molecule has 0 bridgehead atoms. The van der Waals surface area contributed by atoms with Gasteiger partial charge in [-0.25, -0.2) is 4.79 Å². The Bertz CT molecular complexity index is 966. The highest BCUT2D eigenvalue weighted by Gasteiger charge is 2.25. The summed E-state index contributed by atoms with van der Waals surface area (Å²) in [5, 5.41) is 2.57. The molecule has 144 valence electrons. The van der Waals surface area contributed by atoms with E-state index < -0.39 is 18.1 Å². The van der Waals surface area contributed by atoms with Gasteiger partial charge in [0.2, 0.25) is 5.91 Å². The molecule has 3 rings (SSSR count). The molecule has 0 aromatic heterocycles. The van der Waals surface area contributed by atoms with Crippen molar-refractivity contribution in [2.24, 2.45) is 0 Å². The summed E-state index contributed by atoms with van der Waals surface area (Å²) in [5.74, 6) is 4.77. The van der Waals surface area contributed by atoms with E-state index in [1.807, 2.05) is 91.0 Å². The number of nitrogens with one attached hydrogen (secondary N) is 1. The van der Waals surface area contributed by atoms with Crippen molar-refractivity contribution in [2.45, 2.75) is 19.1 Å². The van der Waals surface area contributed by atoms with Crippen molar-refractivity contribution in [1.82, 2.24) is 5.32 Å². The SMILES string of the molecule is CC(=O)NC(C#Cc1ccccc1)C(=O)OC(c1ccccc1)c1ccccc1. The van der Waals surface area contributed by atoms with Crippen LogP contribution in [0.1, 0.15) is 29.7 Å². The number of carbonyl (C=O) groups excluding carboxylic acids is 2. The molecule has 0 aliphatic rings. The minimum absolute atomic E-state index is 0.356. The van der Waals surface area contributed by atoms with Crippen LogP contribution in [0.2, 0.25) is 0 Å². The Hall–Kier alpha value is -3.84. The number of hydrogen-bond donors (Lipinski definition) is 1. The van der Waals surface area contributed by atoms with E-state index in [2.05, 4.69) is 17.2 Å². The van der Waals surface area contributed by atoms with E-state index in [0.717, 1.165) is 16.7 Å². The average Bonchev–Trinajstić information content (AvgIpc) is 2.76. The summed E-state index contributed by atoms with van der Waals surface area (Å²) in [6.45, 7) is 1.34. The fourth-order valence-electron chi connectivity index (χ4n) is 2.80. The molecule has 1 amide bonds. The van der Waals surface area contributed by atoms with Crippen molar-refractivity contribution in [2.75, 3.05) is 0 Å². The number of ether oxygens (including phenoxy) is 1. The Kier molecular flexibility index (Phi) is 6.80. The second-order valence-electron chi connectivity index (χ2n) is 6.41. The lowest BCUT2D eigenvalue weighted by atomic mass is 10.0. The third-order valence-electron chi connectivity index (χ3n) is 4.16. The van der Waals surface area contributed by atoms with Crippen LogP contribution in [0.3, 0.4) is 0 Å². The quantitative estimate of drug-likeness (QED) is 0.537. The average molecular weight is 383 g/mol. The summed E-state index contributed by atoms with van der Waals surface area (Å²) in [6.07, 6.45) is -0.598. The van der Waals surface area contributed by atoms with Gasteiger partial charge in [0, 0.05) is 12.5 Å². The lowest BCUT2D eigenvalue weighted by Crippen LogP contribution is -2.40. The van der Waals surface area contributed by atoms with Gasteiger partial charge in [-0.2, -0.15) is 0 Å². The molecule has 0 heterocycles. The fourth-order valence-corrected chi connectivity index (χ4v) is 2.80. The fraction of sp³-hybridized carbons (Fsp3) is 0.120. The summed E-state index contributed by atoms with van der Waals surface area (Å²) >= 11 is 0. The molecule has 0 radical (unpaired) electrons. The monoisotopic (exact) mass is 383 g/mol. The zero-order valence-corrected chi connectivity index (χ0v) is 16.0. The van der Waals surface area contributed by atoms with Crippen molar-refractivity contribution < 1.29 is 14.3 Å².